The lowest BCUT2D eigenvalue weighted by molar-refractivity contribution is -0.134. The molecule has 0 spiro atoms. The number of carboxylic acids is 2. The van der Waals surface area contributed by atoms with E-state index in [9.17, 15) is 9.59 Å². The second-order valence-electron chi connectivity index (χ2n) is 4.74. The molecule has 0 rings (SSSR count). The van der Waals surface area contributed by atoms with Crippen molar-refractivity contribution in [2.24, 2.45) is 0 Å². The highest BCUT2D eigenvalue weighted by Gasteiger charge is 1.90. The lowest BCUT2D eigenvalue weighted by atomic mass is 10.2. The van der Waals surface area contributed by atoms with E-state index in [0.29, 0.717) is 12.2 Å². The number of aliphatic carboxylic acids is 2. The van der Waals surface area contributed by atoms with Crippen LogP contribution in [0.2, 0.25) is 0 Å². The van der Waals surface area contributed by atoms with Crippen molar-refractivity contribution in [2.45, 2.75) is 65.2 Å². The zero-order valence-corrected chi connectivity index (χ0v) is 13.3. The molecule has 0 bridgehead atoms. The number of ether oxygens (including phenoxy) is 1. The summed E-state index contributed by atoms with van der Waals surface area (Å²) in [6.07, 6.45) is 11.6. The van der Waals surface area contributed by atoms with Crippen LogP contribution in [-0.2, 0) is 14.3 Å². The fraction of sp³-hybridized carbons (Fsp3) is 0.750. The van der Waals surface area contributed by atoms with Gasteiger partial charge < -0.3 is 14.9 Å². The standard InChI is InChI=1S/C12H26O.C4H4O4/c1-3-5-7-9-11-13-12-10-8-6-4-2;5-3(6)1-2-4(7)8/h3-12H2,1-2H3;1-2H,(H,5,6)(H,7,8)/b;2-1-. The minimum absolute atomic E-state index is 0.558. The molecular formula is C16H30O5. The first-order valence-electron chi connectivity index (χ1n) is 7.76. The van der Waals surface area contributed by atoms with Crippen LogP contribution in [-0.4, -0.2) is 35.4 Å². The quantitative estimate of drug-likeness (QED) is 0.422. The summed E-state index contributed by atoms with van der Waals surface area (Å²) >= 11 is 0. The summed E-state index contributed by atoms with van der Waals surface area (Å²) in [5, 5.41) is 15.6. The van der Waals surface area contributed by atoms with Gasteiger partial charge in [-0.25, -0.2) is 9.59 Å². The van der Waals surface area contributed by atoms with Crippen molar-refractivity contribution in [3.05, 3.63) is 12.2 Å². The third kappa shape index (κ3) is 27.7. The number of unbranched alkanes of at least 4 members (excludes halogenated alkanes) is 6. The van der Waals surface area contributed by atoms with Crippen LogP contribution < -0.4 is 0 Å². The molecule has 0 radical (unpaired) electrons. The molecule has 0 atom stereocenters. The molecule has 0 aliphatic carbocycles. The van der Waals surface area contributed by atoms with E-state index in [4.69, 9.17) is 14.9 Å². The summed E-state index contributed by atoms with van der Waals surface area (Å²) in [5.41, 5.74) is 0. The van der Waals surface area contributed by atoms with Gasteiger partial charge in [-0.05, 0) is 12.8 Å². The molecule has 0 saturated heterocycles. The number of rotatable bonds is 12. The summed E-state index contributed by atoms with van der Waals surface area (Å²) in [6.45, 7) is 6.44. The highest BCUT2D eigenvalue weighted by molar-refractivity contribution is 5.89. The fourth-order valence-corrected chi connectivity index (χ4v) is 1.51. The first-order valence-corrected chi connectivity index (χ1v) is 7.76. The van der Waals surface area contributed by atoms with Crippen molar-refractivity contribution >= 4 is 11.9 Å². The van der Waals surface area contributed by atoms with Gasteiger partial charge in [-0.2, -0.15) is 0 Å². The molecule has 0 unspecified atom stereocenters. The van der Waals surface area contributed by atoms with E-state index in [0.717, 1.165) is 13.2 Å². The Balaban J connectivity index is 0. The Labute approximate surface area is 128 Å². The molecule has 0 saturated carbocycles. The van der Waals surface area contributed by atoms with E-state index in [1.165, 1.54) is 51.4 Å². The van der Waals surface area contributed by atoms with Crippen molar-refractivity contribution in [2.75, 3.05) is 13.2 Å². The third-order valence-electron chi connectivity index (χ3n) is 2.65. The first kappa shape index (κ1) is 21.9. The zero-order chi connectivity index (χ0) is 16.3. The van der Waals surface area contributed by atoms with E-state index in [2.05, 4.69) is 13.8 Å². The van der Waals surface area contributed by atoms with Gasteiger partial charge in [-0.15, -0.1) is 0 Å². The predicted octanol–water partition coefficient (Wildman–Crippen LogP) is 3.88. The Morgan fingerprint density at radius 3 is 1.43 bits per heavy atom. The van der Waals surface area contributed by atoms with Crippen molar-refractivity contribution in [3.63, 3.8) is 0 Å². The average molecular weight is 302 g/mol. The maximum absolute atomic E-state index is 9.55. The largest absolute Gasteiger partial charge is 0.478 e. The highest BCUT2D eigenvalue weighted by Crippen LogP contribution is 2.01. The van der Waals surface area contributed by atoms with Gasteiger partial charge in [0.1, 0.15) is 0 Å². The summed E-state index contributed by atoms with van der Waals surface area (Å²) < 4.78 is 5.53. The first-order chi connectivity index (χ1) is 10.0. The Hall–Kier alpha value is -1.36. The Morgan fingerprint density at radius 1 is 0.762 bits per heavy atom. The van der Waals surface area contributed by atoms with E-state index in [-0.39, 0.29) is 0 Å². The van der Waals surface area contributed by atoms with Crippen LogP contribution in [0.3, 0.4) is 0 Å². The molecule has 124 valence electrons. The Bertz CT molecular complexity index is 248. The zero-order valence-electron chi connectivity index (χ0n) is 13.3. The van der Waals surface area contributed by atoms with Crippen LogP contribution in [0.25, 0.3) is 0 Å². The fourth-order valence-electron chi connectivity index (χ4n) is 1.51. The summed E-state index contributed by atoms with van der Waals surface area (Å²) in [5.74, 6) is -2.51. The monoisotopic (exact) mass is 302 g/mol. The lowest BCUT2D eigenvalue weighted by Gasteiger charge is -2.03. The minimum Gasteiger partial charge on any atom is -0.478 e. The van der Waals surface area contributed by atoms with Gasteiger partial charge in [0.15, 0.2) is 0 Å². The Kier molecular flexibility index (Phi) is 19.5. The maximum Gasteiger partial charge on any atom is 0.328 e. The maximum atomic E-state index is 9.55. The molecule has 21 heavy (non-hydrogen) atoms. The van der Waals surface area contributed by atoms with Crippen LogP contribution >= 0.6 is 0 Å². The SMILES string of the molecule is CCCCCCOCCCCCC.O=C(O)/C=C\C(=O)O. The second-order valence-corrected chi connectivity index (χ2v) is 4.74. The molecule has 0 aliphatic heterocycles. The van der Waals surface area contributed by atoms with E-state index in [1.54, 1.807) is 0 Å². The van der Waals surface area contributed by atoms with Gasteiger partial charge in [-0.3, -0.25) is 0 Å². The minimum atomic E-state index is -1.26. The van der Waals surface area contributed by atoms with Crippen LogP contribution in [0, 0.1) is 0 Å². The molecular weight excluding hydrogens is 272 g/mol. The molecule has 0 fully saturated rings. The van der Waals surface area contributed by atoms with Crippen LogP contribution in [0.15, 0.2) is 12.2 Å². The van der Waals surface area contributed by atoms with Gasteiger partial charge in [-0.1, -0.05) is 52.4 Å². The number of carbonyl (C=O) groups is 2. The normalized spacial score (nSPS) is 10.2. The number of hydrogen-bond acceptors (Lipinski definition) is 3. The Morgan fingerprint density at radius 2 is 1.14 bits per heavy atom. The topological polar surface area (TPSA) is 83.8 Å². The van der Waals surface area contributed by atoms with E-state index >= 15 is 0 Å². The number of carboxylic acid groups (broad SMARTS) is 2. The van der Waals surface area contributed by atoms with Crippen molar-refractivity contribution in [1.29, 1.82) is 0 Å². The average Bonchev–Trinajstić information content (AvgIpc) is 2.44. The van der Waals surface area contributed by atoms with Crippen molar-refractivity contribution in [3.8, 4) is 0 Å². The highest BCUT2D eigenvalue weighted by atomic mass is 16.5. The summed E-state index contributed by atoms with van der Waals surface area (Å²) in [6, 6.07) is 0. The van der Waals surface area contributed by atoms with Crippen LogP contribution in [0.4, 0.5) is 0 Å². The van der Waals surface area contributed by atoms with Gasteiger partial charge in [0, 0.05) is 25.4 Å². The second kappa shape index (κ2) is 18.6. The predicted molar refractivity (Wildman–Crippen MR) is 83.5 cm³/mol. The van der Waals surface area contributed by atoms with Crippen molar-refractivity contribution < 1.29 is 24.5 Å². The molecule has 0 heterocycles. The molecule has 0 aromatic rings. The smallest absolute Gasteiger partial charge is 0.328 e. The van der Waals surface area contributed by atoms with E-state index in [1.807, 2.05) is 0 Å². The molecule has 0 amide bonds. The lowest BCUT2D eigenvalue weighted by Crippen LogP contribution is -1.96. The number of hydrogen-bond donors (Lipinski definition) is 2. The molecule has 0 aliphatic rings. The molecule has 0 aromatic heterocycles. The molecule has 5 heteroatoms. The van der Waals surface area contributed by atoms with Crippen LogP contribution in [0.5, 0.6) is 0 Å². The molecule has 0 aromatic carbocycles. The van der Waals surface area contributed by atoms with Gasteiger partial charge in [0.05, 0.1) is 0 Å². The summed E-state index contributed by atoms with van der Waals surface area (Å²) in [7, 11) is 0. The van der Waals surface area contributed by atoms with Gasteiger partial charge in [0.25, 0.3) is 0 Å². The van der Waals surface area contributed by atoms with E-state index < -0.39 is 11.9 Å². The van der Waals surface area contributed by atoms with Gasteiger partial charge >= 0.3 is 11.9 Å². The summed E-state index contributed by atoms with van der Waals surface area (Å²) in [4.78, 5) is 19.1. The third-order valence-corrected chi connectivity index (χ3v) is 2.65. The molecule has 5 nitrogen and oxygen atoms in total. The van der Waals surface area contributed by atoms with Gasteiger partial charge in [0.2, 0.25) is 0 Å². The van der Waals surface area contributed by atoms with Crippen LogP contribution in [0.1, 0.15) is 65.2 Å². The molecule has 2 N–H and O–H groups in total. The van der Waals surface area contributed by atoms with Crippen molar-refractivity contribution in [1.82, 2.24) is 0 Å².